The van der Waals surface area contributed by atoms with Gasteiger partial charge in [-0.3, -0.25) is 4.99 Å². The molecule has 0 aliphatic rings. The van der Waals surface area contributed by atoms with Crippen molar-refractivity contribution in [3.8, 4) is 0 Å². The van der Waals surface area contributed by atoms with Gasteiger partial charge in [-0.25, -0.2) is 4.39 Å². The normalized spacial score (nSPS) is 15.2. The topological polar surface area (TPSA) is 12.4 Å². The van der Waals surface area contributed by atoms with Crippen molar-refractivity contribution < 1.29 is 4.39 Å². The minimum absolute atomic E-state index is 0.266. The number of alkyl halides is 1. The van der Waals surface area contributed by atoms with Crippen molar-refractivity contribution in [3.05, 3.63) is 64.3 Å². The molecule has 2 heteroatoms. The van der Waals surface area contributed by atoms with E-state index in [2.05, 4.69) is 63.9 Å². The second kappa shape index (κ2) is 10.5. The van der Waals surface area contributed by atoms with E-state index in [9.17, 15) is 4.39 Å². The molecule has 1 aromatic rings. The maximum atomic E-state index is 14.9. The molecular formula is C26H38FN. The van der Waals surface area contributed by atoms with Gasteiger partial charge in [0.15, 0.2) is 0 Å². The first-order valence-corrected chi connectivity index (χ1v) is 10.4. The second-order valence-electron chi connectivity index (χ2n) is 8.11. The lowest BCUT2D eigenvalue weighted by atomic mass is 9.79. The van der Waals surface area contributed by atoms with Crippen molar-refractivity contribution in [2.24, 2.45) is 4.99 Å². The number of rotatable bonds is 8. The third-order valence-corrected chi connectivity index (χ3v) is 5.21. The molecule has 28 heavy (non-hydrogen) atoms. The maximum Gasteiger partial charge on any atom is 0.147 e. The van der Waals surface area contributed by atoms with E-state index in [1.807, 2.05) is 19.1 Å². The fourth-order valence-corrected chi connectivity index (χ4v) is 3.82. The fourth-order valence-electron chi connectivity index (χ4n) is 3.82. The van der Waals surface area contributed by atoms with E-state index in [4.69, 9.17) is 0 Å². The minimum atomic E-state index is -1.50. The molecule has 0 aliphatic heterocycles. The number of nitrogens with zero attached hydrogens (tertiary/aromatic N) is 1. The van der Waals surface area contributed by atoms with Gasteiger partial charge in [-0.2, -0.15) is 0 Å². The van der Waals surface area contributed by atoms with Crippen LogP contribution in [0.15, 0.2) is 58.1 Å². The van der Waals surface area contributed by atoms with Crippen molar-refractivity contribution in [2.45, 2.75) is 79.8 Å². The summed E-state index contributed by atoms with van der Waals surface area (Å²) in [6.07, 6.45) is 6.31. The summed E-state index contributed by atoms with van der Waals surface area (Å²) in [5.74, 6) is 0.266. The van der Waals surface area contributed by atoms with Crippen LogP contribution in [0.2, 0.25) is 0 Å². The summed E-state index contributed by atoms with van der Waals surface area (Å²) in [6.45, 7) is 16.1. The molecule has 0 saturated carbocycles. The highest BCUT2D eigenvalue weighted by Gasteiger charge is 2.29. The molecule has 1 rings (SSSR count). The first kappa shape index (κ1) is 24.1. The minimum Gasteiger partial charge on any atom is -0.289 e. The molecule has 0 unspecified atom stereocenters. The van der Waals surface area contributed by atoms with Gasteiger partial charge in [0.1, 0.15) is 5.67 Å². The molecule has 0 spiro atoms. The zero-order chi connectivity index (χ0) is 21.5. The zero-order valence-electron chi connectivity index (χ0n) is 19.3. The standard InChI is InChI=1S/C26H38FN/c1-10-19(6)24(17-18(4)5)20(11-2)22-15-13-14-16-23(22)21(12-3)25(28-9)26(7,8)27/h12-17,20H,10-11H2,1-9H3/b21-12-,24-19-,28-25?/t20-/m0/s1. The van der Waals surface area contributed by atoms with E-state index in [1.165, 1.54) is 22.3 Å². The quantitative estimate of drug-likeness (QED) is 0.318. The summed E-state index contributed by atoms with van der Waals surface area (Å²) in [5, 5.41) is 0. The molecule has 0 aliphatic carbocycles. The van der Waals surface area contributed by atoms with E-state index in [0.717, 1.165) is 24.0 Å². The molecule has 0 radical (unpaired) electrons. The van der Waals surface area contributed by atoms with Crippen molar-refractivity contribution in [2.75, 3.05) is 7.05 Å². The van der Waals surface area contributed by atoms with Crippen LogP contribution in [-0.4, -0.2) is 18.4 Å². The van der Waals surface area contributed by atoms with Crippen LogP contribution in [0.25, 0.3) is 5.57 Å². The van der Waals surface area contributed by atoms with Gasteiger partial charge in [0.05, 0.1) is 5.71 Å². The maximum absolute atomic E-state index is 14.9. The number of aliphatic imine (C=N–C) groups is 1. The smallest absolute Gasteiger partial charge is 0.147 e. The van der Waals surface area contributed by atoms with Gasteiger partial charge in [-0.05, 0) is 71.1 Å². The van der Waals surface area contributed by atoms with Gasteiger partial charge in [0, 0.05) is 18.5 Å². The van der Waals surface area contributed by atoms with Crippen LogP contribution in [0.3, 0.4) is 0 Å². The molecule has 0 aromatic heterocycles. The highest BCUT2D eigenvalue weighted by Crippen LogP contribution is 2.38. The number of hydrogen-bond acceptors (Lipinski definition) is 1. The summed E-state index contributed by atoms with van der Waals surface area (Å²) < 4.78 is 14.9. The lowest BCUT2D eigenvalue weighted by molar-refractivity contribution is 0.315. The van der Waals surface area contributed by atoms with Crippen molar-refractivity contribution in [3.63, 3.8) is 0 Å². The van der Waals surface area contributed by atoms with Crippen molar-refractivity contribution in [1.29, 1.82) is 0 Å². The monoisotopic (exact) mass is 383 g/mol. The largest absolute Gasteiger partial charge is 0.289 e. The summed E-state index contributed by atoms with van der Waals surface area (Å²) in [5.41, 5.74) is 6.28. The molecule has 0 saturated heterocycles. The van der Waals surface area contributed by atoms with Crippen LogP contribution in [0.5, 0.6) is 0 Å². The Hall–Kier alpha value is -1.96. The Morgan fingerprint density at radius 3 is 2.18 bits per heavy atom. The molecular weight excluding hydrogens is 345 g/mol. The lowest BCUT2D eigenvalue weighted by Crippen LogP contribution is -2.28. The predicted molar refractivity (Wildman–Crippen MR) is 124 cm³/mol. The van der Waals surface area contributed by atoms with E-state index in [0.29, 0.717) is 5.71 Å². The van der Waals surface area contributed by atoms with E-state index >= 15 is 0 Å². The molecule has 0 bridgehead atoms. The number of benzene rings is 1. The lowest BCUT2D eigenvalue weighted by Gasteiger charge is -2.26. The SMILES string of the molecule is C/C=C(\C(=NC)C(C)(C)F)c1ccccc1[C@H](CC)/C(C=C(C)C)=C(/C)CC. The third kappa shape index (κ3) is 5.77. The highest BCUT2D eigenvalue weighted by molar-refractivity contribution is 6.27. The van der Waals surface area contributed by atoms with Crippen LogP contribution in [0.1, 0.15) is 85.3 Å². The summed E-state index contributed by atoms with van der Waals surface area (Å²) in [7, 11) is 1.68. The predicted octanol–water partition coefficient (Wildman–Crippen LogP) is 8.10. The Bertz CT molecular complexity index is 781. The molecule has 1 aromatic carbocycles. The molecule has 1 nitrogen and oxygen atoms in total. The Kier molecular flexibility index (Phi) is 9.07. The average molecular weight is 384 g/mol. The zero-order valence-corrected chi connectivity index (χ0v) is 19.3. The summed E-state index contributed by atoms with van der Waals surface area (Å²) in [6, 6.07) is 8.41. The van der Waals surface area contributed by atoms with E-state index in [-0.39, 0.29) is 5.92 Å². The van der Waals surface area contributed by atoms with Crippen molar-refractivity contribution in [1.82, 2.24) is 0 Å². The Labute approximate surface area is 172 Å². The van der Waals surface area contributed by atoms with Crippen molar-refractivity contribution >= 4 is 11.3 Å². The summed E-state index contributed by atoms with van der Waals surface area (Å²) >= 11 is 0. The van der Waals surface area contributed by atoms with Crippen LogP contribution in [0.4, 0.5) is 4.39 Å². The molecule has 0 heterocycles. The van der Waals surface area contributed by atoms with Gasteiger partial charge < -0.3 is 0 Å². The van der Waals surface area contributed by atoms with Crippen LogP contribution >= 0.6 is 0 Å². The average Bonchev–Trinajstić information content (AvgIpc) is 2.64. The molecule has 154 valence electrons. The molecule has 1 atom stereocenters. The summed E-state index contributed by atoms with van der Waals surface area (Å²) in [4.78, 5) is 4.33. The second-order valence-corrected chi connectivity index (χ2v) is 8.11. The Morgan fingerprint density at radius 1 is 1.14 bits per heavy atom. The third-order valence-electron chi connectivity index (χ3n) is 5.21. The highest BCUT2D eigenvalue weighted by atomic mass is 19.1. The molecule has 0 fully saturated rings. The number of hydrogen-bond donors (Lipinski definition) is 0. The first-order valence-electron chi connectivity index (χ1n) is 10.4. The van der Waals surface area contributed by atoms with Gasteiger partial charge >= 0.3 is 0 Å². The Balaban J connectivity index is 3.74. The van der Waals surface area contributed by atoms with Gasteiger partial charge in [-0.1, -0.05) is 61.4 Å². The van der Waals surface area contributed by atoms with E-state index in [1.54, 1.807) is 20.9 Å². The number of allylic oxidation sites excluding steroid dienone is 6. The van der Waals surface area contributed by atoms with E-state index < -0.39 is 5.67 Å². The van der Waals surface area contributed by atoms with Crippen LogP contribution < -0.4 is 0 Å². The number of halogens is 1. The molecule has 0 N–H and O–H groups in total. The van der Waals surface area contributed by atoms with Gasteiger partial charge in [-0.15, -0.1) is 0 Å². The first-order chi connectivity index (χ1) is 13.1. The Morgan fingerprint density at radius 2 is 1.75 bits per heavy atom. The fraction of sp³-hybridized carbons (Fsp3) is 0.500. The van der Waals surface area contributed by atoms with Crippen LogP contribution in [0, 0.1) is 0 Å². The molecule has 0 amide bonds. The van der Waals surface area contributed by atoms with Gasteiger partial charge in [0.25, 0.3) is 0 Å². The van der Waals surface area contributed by atoms with Gasteiger partial charge in [0.2, 0.25) is 0 Å². The van der Waals surface area contributed by atoms with Crippen LogP contribution in [-0.2, 0) is 0 Å².